The first-order valence-corrected chi connectivity index (χ1v) is 18.6. The van der Waals surface area contributed by atoms with Crippen molar-refractivity contribution in [1.29, 1.82) is 0 Å². The minimum absolute atomic E-state index is 0.125. The Morgan fingerprint density at radius 3 is 1.72 bits per heavy atom. The van der Waals surface area contributed by atoms with E-state index >= 15 is 0 Å². The maximum Gasteiger partial charge on any atom is 0.410 e. The molecule has 2 unspecified atom stereocenters. The van der Waals surface area contributed by atoms with Crippen molar-refractivity contribution in [2.24, 2.45) is 0 Å². The number of ether oxygens (including phenoxy) is 1. The van der Waals surface area contributed by atoms with Crippen LogP contribution in [0.4, 0.5) is 4.79 Å². The molecule has 4 aromatic rings. The minimum Gasteiger partial charge on any atom is -0.450 e. The van der Waals surface area contributed by atoms with E-state index in [2.05, 4.69) is 66.6 Å². The van der Waals surface area contributed by atoms with Gasteiger partial charge >= 0.3 is 6.09 Å². The number of rotatable bonds is 3. The van der Waals surface area contributed by atoms with E-state index in [-0.39, 0.29) is 17.9 Å². The molecular weight excluding hydrogens is 663 g/mol. The number of amides is 1. The fourth-order valence-electron chi connectivity index (χ4n) is 7.95. The van der Waals surface area contributed by atoms with Crippen LogP contribution in [0.5, 0.6) is 0 Å². The molecule has 0 radical (unpaired) electrons. The average molecular weight is 708 g/mol. The molecule has 258 valence electrons. The summed E-state index contributed by atoms with van der Waals surface area (Å²) in [5.74, 6) is 0.412. The Morgan fingerprint density at radius 2 is 1.24 bits per heavy atom. The number of benzene rings is 2. The van der Waals surface area contributed by atoms with Gasteiger partial charge in [0.25, 0.3) is 0 Å². The van der Waals surface area contributed by atoms with E-state index in [1.165, 1.54) is 50.2 Å². The Bertz CT molecular complexity index is 1940. The standard InChI is InChI=1S/C22H23ClN2O2.C20H21ClN2/c1-2-27-22(26)25-12-9-15(10-13-25)20-19-8-7-18(23)14-17(19)6-5-16-4-3-11-24-21(16)20;1-23-11-8-14(9-12-23)19-18-7-6-17(21)13-16(18)5-4-15-3-2-10-22-20(15)19/h3-4,7-9,11,14,20H,2,5-6,10,12-13H2,1H3;2-3,6-8,10,13,19H,4-5,9,11-12H2,1H3. The van der Waals surface area contributed by atoms with E-state index < -0.39 is 0 Å². The summed E-state index contributed by atoms with van der Waals surface area (Å²) in [4.78, 5) is 25.7. The summed E-state index contributed by atoms with van der Waals surface area (Å²) in [5.41, 5.74) is 13.2. The van der Waals surface area contributed by atoms with Gasteiger partial charge in [-0.25, -0.2) is 4.79 Å². The third-order valence-corrected chi connectivity index (χ3v) is 11.0. The van der Waals surface area contributed by atoms with Crippen molar-refractivity contribution in [2.75, 3.05) is 39.8 Å². The molecule has 4 heterocycles. The normalized spacial score (nSPS) is 19.9. The predicted molar refractivity (Wildman–Crippen MR) is 201 cm³/mol. The zero-order valence-corrected chi connectivity index (χ0v) is 30.4. The number of carbonyl (C=O) groups excluding carboxylic acids is 1. The maximum atomic E-state index is 12.0. The number of halogens is 2. The summed E-state index contributed by atoms with van der Waals surface area (Å²) in [5, 5.41) is 1.61. The molecule has 4 aliphatic rings. The molecule has 8 heteroatoms. The summed E-state index contributed by atoms with van der Waals surface area (Å²) in [6.45, 7) is 5.63. The molecule has 0 bridgehead atoms. The van der Waals surface area contributed by atoms with Crippen molar-refractivity contribution < 1.29 is 9.53 Å². The van der Waals surface area contributed by atoms with E-state index in [1.807, 2.05) is 37.5 Å². The summed E-state index contributed by atoms with van der Waals surface area (Å²) >= 11 is 12.5. The van der Waals surface area contributed by atoms with Crippen molar-refractivity contribution in [3.05, 3.63) is 151 Å². The number of aryl methyl sites for hydroxylation is 4. The highest BCUT2D eigenvalue weighted by molar-refractivity contribution is 6.31. The first-order valence-electron chi connectivity index (χ1n) is 17.8. The maximum absolute atomic E-state index is 12.0. The Hall–Kier alpha value is -3.97. The second-order valence-electron chi connectivity index (χ2n) is 13.6. The van der Waals surface area contributed by atoms with Crippen LogP contribution in [0.15, 0.2) is 96.4 Å². The van der Waals surface area contributed by atoms with Crippen molar-refractivity contribution in [3.63, 3.8) is 0 Å². The number of hydrogen-bond acceptors (Lipinski definition) is 5. The molecule has 2 aliphatic carbocycles. The van der Waals surface area contributed by atoms with E-state index in [0.717, 1.165) is 67.4 Å². The van der Waals surface area contributed by atoms with Crippen molar-refractivity contribution >= 4 is 29.3 Å². The van der Waals surface area contributed by atoms with Gasteiger partial charge in [0.2, 0.25) is 0 Å². The molecule has 0 fully saturated rings. The zero-order valence-electron chi connectivity index (χ0n) is 28.9. The largest absolute Gasteiger partial charge is 0.450 e. The molecule has 2 aliphatic heterocycles. The van der Waals surface area contributed by atoms with Crippen LogP contribution in [0.1, 0.15) is 76.4 Å². The molecule has 8 rings (SSSR count). The van der Waals surface area contributed by atoms with E-state index in [4.69, 9.17) is 37.9 Å². The summed E-state index contributed by atoms with van der Waals surface area (Å²) in [7, 11) is 2.18. The van der Waals surface area contributed by atoms with Gasteiger partial charge in [0.05, 0.1) is 18.0 Å². The Kier molecular flexibility index (Phi) is 10.7. The van der Waals surface area contributed by atoms with Gasteiger partial charge in [0.1, 0.15) is 0 Å². The Balaban J connectivity index is 0.000000159. The second-order valence-corrected chi connectivity index (χ2v) is 14.5. The molecule has 1 amide bonds. The minimum atomic E-state index is -0.237. The lowest BCUT2D eigenvalue weighted by atomic mass is 9.82. The van der Waals surface area contributed by atoms with Crippen LogP contribution < -0.4 is 0 Å². The van der Waals surface area contributed by atoms with Crippen LogP contribution in [0.25, 0.3) is 0 Å². The first-order chi connectivity index (χ1) is 24.4. The fraction of sp³-hybridized carbons (Fsp3) is 0.357. The third-order valence-electron chi connectivity index (χ3n) is 10.5. The van der Waals surface area contributed by atoms with Crippen LogP contribution in [-0.4, -0.2) is 65.7 Å². The molecular formula is C42H44Cl2N4O2. The summed E-state index contributed by atoms with van der Waals surface area (Å²) in [6.07, 6.45) is 14.1. The molecule has 50 heavy (non-hydrogen) atoms. The lowest BCUT2D eigenvalue weighted by Gasteiger charge is -2.30. The summed E-state index contributed by atoms with van der Waals surface area (Å²) < 4.78 is 5.14. The Labute approximate surface area is 305 Å². The van der Waals surface area contributed by atoms with Gasteiger partial charge in [0.15, 0.2) is 0 Å². The third kappa shape index (κ3) is 7.39. The molecule has 2 atom stereocenters. The topological polar surface area (TPSA) is 58.6 Å². The second kappa shape index (κ2) is 15.5. The van der Waals surface area contributed by atoms with E-state index in [0.29, 0.717) is 19.7 Å². The number of fused-ring (bicyclic) bond motifs is 4. The van der Waals surface area contributed by atoms with Gasteiger partial charge in [-0.15, -0.1) is 0 Å². The fourth-order valence-corrected chi connectivity index (χ4v) is 8.34. The van der Waals surface area contributed by atoms with Crippen LogP contribution in [-0.2, 0) is 30.4 Å². The quantitative estimate of drug-likeness (QED) is 0.199. The lowest BCUT2D eigenvalue weighted by Crippen LogP contribution is -2.36. The highest BCUT2D eigenvalue weighted by atomic mass is 35.5. The molecule has 0 spiro atoms. The number of pyridine rings is 2. The van der Waals surface area contributed by atoms with Gasteiger partial charge in [-0.05, 0) is 122 Å². The number of nitrogens with zero attached hydrogens (tertiary/aromatic N) is 4. The van der Waals surface area contributed by atoms with Crippen LogP contribution in [0.2, 0.25) is 10.0 Å². The van der Waals surface area contributed by atoms with Gasteiger partial charge in [-0.1, -0.05) is 70.8 Å². The molecule has 6 nitrogen and oxygen atoms in total. The molecule has 0 saturated heterocycles. The number of hydrogen-bond donors (Lipinski definition) is 0. The van der Waals surface area contributed by atoms with Gasteiger partial charge in [-0.3, -0.25) is 9.97 Å². The van der Waals surface area contributed by atoms with Gasteiger partial charge in [-0.2, -0.15) is 0 Å². The summed E-state index contributed by atoms with van der Waals surface area (Å²) in [6, 6.07) is 21.1. The smallest absolute Gasteiger partial charge is 0.410 e. The number of carbonyl (C=O) groups is 1. The van der Waals surface area contributed by atoms with Gasteiger partial charge < -0.3 is 14.5 Å². The monoisotopic (exact) mass is 706 g/mol. The molecule has 2 aromatic heterocycles. The van der Waals surface area contributed by atoms with Crippen LogP contribution in [0, 0.1) is 0 Å². The molecule has 2 aromatic carbocycles. The van der Waals surface area contributed by atoms with Gasteiger partial charge in [0, 0.05) is 60.5 Å². The van der Waals surface area contributed by atoms with E-state index in [1.54, 1.807) is 4.90 Å². The average Bonchev–Trinajstić information content (AvgIpc) is 3.40. The van der Waals surface area contributed by atoms with Crippen LogP contribution >= 0.6 is 23.2 Å². The van der Waals surface area contributed by atoms with Crippen LogP contribution in [0.3, 0.4) is 0 Å². The SMILES string of the molecule is CCOC(=O)N1CC=C(C2c3ccc(Cl)cc3CCc3cccnc32)CC1.CN1CC=C(C2c3ccc(Cl)cc3CCc3cccnc32)CC1. The number of likely N-dealkylation sites (N-methyl/N-ethyl adjacent to an activating group) is 1. The first kappa shape index (κ1) is 34.5. The van der Waals surface area contributed by atoms with Crippen molar-refractivity contribution in [3.8, 4) is 0 Å². The van der Waals surface area contributed by atoms with Crippen molar-refractivity contribution in [2.45, 2.75) is 57.3 Å². The number of aromatic nitrogens is 2. The van der Waals surface area contributed by atoms with Crippen molar-refractivity contribution in [1.82, 2.24) is 19.8 Å². The highest BCUT2D eigenvalue weighted by Gasteiger charge is 2.31. The predicted octanol–water partition coefficient (Wildman–Crippen LogP) is 8.98. The Morgan fingerprint density at radius 1 is 0.720 bits per heavy atom. The van der Waals surface area contributed by atoms with E-state index in [9.17, 15) is 4.79 Å². The lowest BCUT2D eigenvalue weighted by molar-refractivity contribution is 0.110. The molecule has 0 N–H and O–H groups in total. The molecule has 0 saturated carbocycles. The highest BCUT2D eigenvalue weighted by Crippen LogP contribution is 2.42. The zero-order chi connectivity index (χ0) is 34.6.